The molecule has 0 saturated carbocycles. The first-order valence-corrected chi connectivity index (χ1v) is 9.87. The SMILES string of the molecule is COC(=O)c1ccc(CN(C)C(=O)CCc2c(C)nc(SC)nc2C)cc1. The van der Waals surface area contributed by atoms with Crippen molar-refractivity contribution in [3.05, 3.63) is 52.3 Å². The molecule has 1 amide bonds. The van der Waals surface area contributed by atoms with Crippen LogP contribution >= 0.6 is 11.8 Å². The van der Waals surface area contributed by atoms with Crippen LogP contribution < -0.4 is 0 Å². The van der Waals surface area contributed by atoms with Crippen LogP contribution in [0.25, 0.3) is 0 Å². The van der Waals surface area contributed by atoms with Gasteiger partial charge in [0.2, 0.25) is 5.91 Å². The number of methoxy groups -OCH3 is 1. The Kier molecular flexibility index (Phi) is 7.36. The van der Waals surface area contributed by atoms with Gasteiger partial charge in [-0.1, -0.05) is 23.9 Å². The van der Waals surface area contributed by atoms with Crippen LogP contribution in [0.1, 0.15) is 39.3 Å². The van der Waals surface area contributed by atoms with Crippen LogP contribution in [0, 0.1) is 13.8 Å². The lowest BCUT2D eigenvalue weighted by molar-refractivity contribution is -0.130. The van der Waals surface area contributed by atoms with Crippen LogP contribution in [0.3, 0.4) is 0 Å². The molecule has 0 aliphatic rings. The third-order valence-electron chi connectivity index (χ3n) is 4.39. The number of carbonyl (C=O) groups excluding carboxylic acids is 2. The standard InChI is InChI=1S/C20H25N3O3S/c1-13-17(14(2)22-20(21-13)27-5)10-11-18(24)23(3)12-15-6-8-16(9-7-15)19(25)26-4/h6-9H,10-12H2,1-5H3. The lowest BCUT2D eigenvalue weighted by Gasteiger charge is -2.18. The van der Waals surface area contributed by atoms with Crippen LogP contribution in [0.2, 0.25) is 0 Å². The number of hydrogen-bond donors (Lipinski definition) is 0. The molecule has 0 atom stereocenters. The molecular weight excluding hydrogens is 362 g/mol. The highest BCUT2D eigenvalue weighted by molar-refractivity contribution is 7.98. The number of esters is 1. The van der Waals surface area contributed by atoms with Crippen molar-refractivity contribution in [1.29, 1.82) is 0 Å². The third kappa shape index (κ3) is 5.53. The number of benzene rings is 1. The van der Waals surface area contributed by atoms with Gasteiger partial charge in [-0.2, -0.15) is 0 Å². The largest absolute Gasteiger partial charge is 0.465 e. The Bertz CT molecular complexity index is 799. The van der Waals surface area contributed by atoms with Gasteiger partial charge in [0.05, 0.1) is 12.7 Å². The molecule has 27 heavy (non-hydrogen) atoms. The number of rotatable bonds is 7. The zero-order chi connectivity index (χ0) is 20.0. The third-order valence-corrected chi connectivity index (χ3v) is 4.94. The van der Waals surface area contributed by atoms with Crippen molar-refractivity contribution in [2.75, 3.05) is 20.4 Å². The van der Waals surface area contributed by atoms with E-state index in [2.05, 4.69) is 14.7 Å². The van der Waals surface area contributed by atoms with Gasteiger partial charge in [-0.05, 0) is 49.8 Å². The van der Waals surface area contributed by atoms with Gasteiger partial charge in [0.25, 0.3) is 0 Å². The van der Waals surface area contributed by atoms with Crippen LogP contribution in [-0.4, -0.2) is 47.2 Å². The molecule has 7 heteroatoms. The quantitative estimate of drug-likeness (QED) is 0.413. The summed E-state index contributed by atoms with van der Waals surface area (Å²) in [5.41, 5.74) is 4.35. The average molecular weight is 388 g/mol. The van der Waals surface area contributed by atoms with Crippen molar-refractivity contribution in [1.82, 2.24) is 14.9 Å². The van der Waals surface area contributed by atoms with Crippen LogP contribution in [0.4, 0.5) is 0 Å². The average Bonchev–Trinajstić information content (AvgIpc) is 2.66. The van der Waals surface area contributed by atoms with Crippen molar-refractivity contribution < 1.29 is 14.3 Å². The molecule has 0 aliphatic heterocycles. The number of carbonyl (C=O) groups is 2. The van der Waals surface area contributed by atoms with Crippen molar-refractivity contribution in [3.63, 3.8) is 0 Å². The number of amides is 1. The highest BCUT2D eigenvalue weighted by atomic mass is 32.2. The summed E-state index contributed by atoms with van der Waals surface area (Å²) in [5.74, 6) is -0.314. The fourth-order valence-electron chi connectivity index (χ4n) is 2.81. The predicted octanol–water partition coefficient (Wildman–Crippen LogP) is 3.19. The Morgan fingerprint density at radius 3 is 2.22 bits per heavy atom. The summed E-state index contributed by atoms with van der Waals surface area (Å²) in [6.45, 7) is 4.40. The van der Waals surface area contributed by atoms with Crippen LogP contribution in [0.15, 0.2) is 29.4 Å². The number of ether oxygens (including phenoxy) is 1. The van der Waals surface area contributed by atoms with Gasteiger partial charge in [0.15, 0.2) is 5.16 Å². The van der Waals surface area contributed by atoms with E-state index in [-0.39, 0.29) is 11.9 Å². The second-order valence-electron chi connectivity index (χ2n) is 6.30. The Labute approximate surface area is 164 Å². The minimum absolute atomic E-state index is 0.0554. The molecule has 2 rings (SSSR count). The van der Waals surface area contributed by atoms with E-state index in [0.29, 0.717) is 24.9 Å². The highest BCUT2D eigenvalue weighted by Crippen LogP contribution is 2.17. The van der Waals surface area contributed by atoms with E-state index >= 15 is 0 Å². The van der Waals surface area contributed by atoms with Crippen molar-refractivity contribution >= 4 is 23.6 Å². The molecule has 0 unspecified atom stereocenters. The molecule has 0 aliphatic carbocycles. The first kappa shape index (κ1) is 20.9. The van der Waals surface area contributed by atoms with E-state index < -0.39 is 0 Å². The Hall–Kier alpha value is -2.41. The normalized spacial score (nSPS) is 10.6. The molecule has 0 saturated heterocycles. The van der Waals surface area contributed by atoms with E-state index in [0.717, 1.165) is 27.7 Å². The summed E-state index contributed by atoms with van der Waals surface area (Å²) >= 11 is 1.51. The fraction of sp³-hybridized carbons (Fsp3) is 0.400. The molecule has 2 aromatic rings. The van der Waals surface area contributed by atoms with Gasteiger partial charge in [-0.3, -0.25) is 4.79 Å². The molecule has 0 radical (unpaired) electrons. The Morgan fingerprint density at radius 1 is 1.11 bits per heavy atom. The summed E-state index contributed by atoms with van der Waals surface area (Å²) in [4.78, 5) is 34.6. The lowest BCUT2D eigenvalue weighted by Crippen LogP contribution is -2.26. The van der Waals surface area contributed by atoms with E-state index in [1.165, 1.54) is 18.9 Å². The first-order valence-electron chi connectivity index (χ1n) is 8.65. The van der Waals surface area contributed by atoms with Crippen LogP contribution in [0.5, 0.6) is 0 Å². The molecule has 0 fully saturated rings. The maximum Gasteiger partial charge on any atom is 0.337 e. The van der Waals surface area contributed by atoms with E-state index in [4.69, 9.17) is 0 Å². The molecule has 0 bridgehead atoms. The van der Waals surface area contributed by atoms with E-state index in [1.54, 1.807) is 24.1 Å². The summed E-state index contributed by atoms with van der Waals surface area (Å²) in [5, 5.41) is 0.757. The Morgan fingerprint density at radius 2 is 1.70 bits per heavy atom. The fourth-order valence-corrected chi connectivity index (χ4v) is 3.27. The second kappa shape index (κ2) is 9.50. The molecule has 0 spiro atoms. The minimum atomic E-state index is -0.369. The van der Waals surface area contributed by atoms with E-state index in [1.807, 2.05) is 32.2 Å². The number of thioether (sulfide) groups is 1. The topological polar surface area (TPSA) is 72.4 Å². The maximum absolute atomic E-state index is 12.5. The predicted molar refractivity (Wildman–Crippen MR) is 106 cm³/mol. The number of aromatic nitrogens is 2. The number of nitrogens with zero attached hydrogens (tertiary/aromatic N) is 3. The second-order valence-corrected chi connectivity index (χ2v) is 7.07. The molecule has 6 nitrogen and oxygen atoms in total. The Balaban J connectivity index is 1.95. The summed E-state index contributed by atoms with van der Waals surface area (Å²) in [7, 11) is 3.13. The van der Waals surface area contributed by atoms with Crippen LogP contribution in [-0.2, 0) is 22.5 Å². The van der Waals surface area contributed by atoms with Gasteiger partial charge in [0.1, 0.15) is 0 Å². The van der Waals surface area contributed by atoms with Crippen molar-refractivity contribution in [2.45, 2.75) is 38.4 Å². The smallest absolute Gasteiger partial charge is 0.337 e. The van der Waals surface area contributed by atoms with Gasteiger partial charge < -0.3 is 9.64 Å². The molecule has 1 heterocycles. The van der Waals surface area contributed by atoms with Crippen molar-refractivity contribution in [3.8, 4) is 0 Å². The van der Waals surface area contributed by atoms with Gasteiger partial charge in [0, 0.05) is 31.4 Å². The van der Waals surface area contributed by atoms with E-state index in [9.17, 15) is 9.59 Å². The number of aryl methyl sites for hydroxylation is 2. The lowest BCUT2D eigenvalue weighted by atomic mass is 10.1. The molecule has 1 aromatic heterocycles. The first-order chi connectivity index (χ1) is 12.8. The molecule has 0 N–H and O–H groups in total. The van der Waals surface area contributed by atoms with Gasteiger partial charge >= 0.3 is 5.97 Å². The number of hydrogen-bond acceptors (Lipinski definition) is 6. The molecule has 1 aromatic carbocycles. The molecular formula is C20H25N3O3S. The maximum atomic E-state index is 12.5. The minimum Gasteiger partial charge on any atom is -0.465 e. The van der Waals surface area contributed by atoms with Gasteiger partial charge in [-0.15, -0.1) is 0 Å². The summed E-state index contributed by atoms with van der Waals surface area (Å²) in [6, 6.07) is 7.08. The monoisotopic (exact) mass is 387 g/mol. The van der Waals surface area contributed by atoms with Crippen molar-refractivity contribution in [2.24, 2.45) is 0 Å². The summed E-state index contributed by atoms with van der Waals surface area (Å²) in [6.07, 6.45) is 2.97. The highest BCUT2D eigenvalue weighted by Gasteiger charge is 2.14. The zero-order valence-corrected chi connectivity index (χ0v) is 17.2. The van der Waals surface area contributed by atoms with Gasteiger partial charge in [-0.25, -0.2) is 14.8 Å². The molecule has 144 valence electrons. The zero-order valence-electron chi connectivity index (χ0n) is 16.4. The summed E-state index contributed by atoms with van der Waals surface area (Å²) < 4.78 is 4.69.